The monoisotopic (exact) mass is 420 g/mol. The first-order valence-corrected chi connectivity index (χ1v) is 12.4. The number of hydrogen-bond donors (Lipinski definition) is 0. The van der Waals surface area contributed by atoms with Gasteiger partial charge in [-0.05, 0) is 62.4 Å². The molecule has 1 nitrogen and oxygen atoms in total. The Kier molecular flexibility index (Phi) is 6.51. The lowest BCUT2D eigenvalue weighted by Gasteiger charge is -2.24. The molecular weight excluding hydrogens is 393 g/mol. The van der Waals surface area contributed by atoms with Crippen LogP contribution in [0.3, 0.4) is 0 Å². The minimum absolute atomic E-state index is 0.263. The molecule has 0 radical (unpaired) electrons. The molecule has 0 aliphatic heterocycles. The van der Waals surface area contributed by atoms with Crippen LogP contribution in [0.15, 0.2) is 121 Å². The van der Waals surface area contributed by atoms with Gasteiger partial charge in [-0.1, -0.05) is 72.8 Å². The molecule has 0 N–H and O–H groups in total. The molecule has 0 atom stereocenters. The maximum absolute atomic E-state index is 3.85. The molecule has 0 amide bonds. The van der Waals surface area contributed by atoms with Crippen LogP contribution in [0.2, 0.25) is 0 Å². The number of hydrogen-bond acceptors (Lipinski definition) is 1. The summed E-state index contributed by atoms with van der Waals surface area (Å²) in [4.78, 5) is 2.18. The van der Waals surface area contributed by atoms with Crippen LogP contribution in [0, 0.1) is 11.7 Å². The summed E-state index contributed by atoms with van der Waals surface area (Å²) in [6, 6.07) is 46.6. The summed E-state index contributed by atoms with van der Waals surface area (Å²) >= 11 is 0. The molecule has 0 aliphatic carbocycles. The Morgan fingerprint density at radius 1 is 0.548 bits per heavy atom. The second kappa shape index (κ2) is 9.65. The van der Waals surface area contributed by atoms with Gasteiger partial charge in [0, 0.05) is 11.7 Å². The Balaban J connectivity index is 1.99. The van der Waals surface area contributed by atoms with E-state index in [1.807, 2.05) is 6.07 Å². The molecule has 0 unspecified atom stereocenters. The lowest BCUT2D eigenvalue weighted by Crippen LogP contribution is -2.31. The minimum atomic E-state index is -2.17. The lowest BCUT2D eigenvalue weighted by atomic mass is 10.2. The number of rotatable bonds is 5. The van der Waals surface area contributed by atoms with Crippen molar-refractivity contribution in [3.63, 3.8) is 0 Å². The Labute approximate surface area is 186 Å². The summed E-state index contributed by atoms with van der Waals surface area (Å²) < 4.78 is 0. The van der Waals surface area contributed by atoms with E-state index in [9.17, 15) is 0 Å². The first kappa shape index (κ1) is 20.9. The number of benzene rings is 4. The van der Waals surface area contributed by atoms with Crippen LogP contribution in [0.25, 0.3) is 0 Å². The summed E-state index contributed by atoms with van der Waals surface area (Å²) in [5.41, 5.74) is 4.97. The van der Waals surface area contributed by atoms with Gasteiger partial charge >= 0.3 is 0 Å². The Bertz CT molecular complexity index is 1050. The van der Waals surface area contributed by atoms with Gasteiger partial charge < -0.3 is 0 Å². The molecule has 0 bridgehead atoms. The van der Waals surface area contributed by atoms with Crippen molar-refractivity contribution in [3.05, 3.63) is 121 Å². The van der Waals surface area contributed by atoms with Gasteiger partial charge in [0.2, 0.25) is 0 Å². The number of anilines is 1. The molecule has 0 saturated heterocycles. The van der Waals surface area contributed by atoms with Crippen molar-refractivity contribution in [2.24, 2.45) is 0 Å². The topological polar surface area (TPSA) is 3.24 Å². The summed E-state index contributed by atoms with van der Waals surface area (Å²) in [5.74, 6) is 0. The van der Waals surface area contributed by atoms with Crippen LogP contribution < -0.4 is 20.8 Å². The maximum Gasteiger partial charge on any atom is 0.191 e. The van der Waals surface area contributed by atoms with Gasteiger partial charge in [0.15, 0.2) is 7.26 Å². The van der Waals surface area contributed by atoms with Gasteiger partial charge in [0.1, 0.15) is 21.6 Å². The summed E-state index contributed by atoms with van der Waals surface area (Å²) in [6.45, 7) is 4.38. The van der Waals surface area contributed by atoms with Crippen molar-refractivity contribution in [1.82, 2.24) is 0 Å². The second-order valence-corrected chi connectivity index (χ2v) is 10.8. The van der Waals surface area contributed by atoms with E-state index in [0.717, 1.165) is 5.69 Å². The van der Waals surface area contributed by atoms with E-state index in [0.29, 0.717) is 0 Å². The molecule has 152 valence electrons. The van der Waals surface area contributed by atoms with Crippen molar-refractivity contribution in [2.75, 3.05) is 4.90 Å². The SMILES string of the molecule is CC(C)N(C#C[P+](c1ccccc1)(c1ccccc1)c1ccccc1)c1ccccc1. The Morgan fingerprint density at radius 2 is 0.903 bits per heavy atom. The molecule has 0 aromatic heterocycles. The van der Waals surface area contributed by atoms with Crippen molar-refractivity contribution >= 4 is 28.9 Å². The Morgan fingerprint density at radius 3 is 1.26 bits per heavy atom. The fraction of sp³-hybridized carbons (Fsp3) is 0.103. The van der Waals surface area contributed by atoms with Gasteiger partial charge in [-0.25, -0.2) is 0 Å². The molecule has 4 rings (SSSR count). The summed E-state index contributed by atoms with van der Waals surface area (Å²) in [7, 11) is -2.17. The normalized spacial score (nSPS) is 10.9. The van der Waals surface area contributed by atoms with Gasteiger partial charge in [0.25, 0.3) is 0 Å². The highest BCUT2D eigenvalue weighted by molar-refractivity contribution is 7.99. The van der Waals surface area contributed by atoms with E-state index < -0.39 is 7.26 Å². The van der Waals surface area contributed by atoms with E-state index >= 15 is 0 Å². The molecule has 0 saturated carbocycles. The molecule has 31 heavy (non-hydrogen) atoms. The molecular formula is C29H27NP+. The van der Waals surface area contributed by atoms with Gasteiger partial charge in [-0.2, -0.15) is 0 Å². The van der Waals surface area contributed by atoms with Crippen LogP contribution in [-0.2, 0) is 0 Å². The van der Waals surface area contributed by atoms with Gasteiger partial charge in [0.05, 0.1) is 6.04 Å². The molecule has 0 spiro atoms. The molecule has 0 heterocycles. The maximum atomic E-state index is 3.85. The first-order chi connectivity index (χ1) is 15.2. The quantitative estimate of drug-likeness (QED) is 0.224. The smallest absolute Gasteiger partial charge is 0.191 e. The predicted octanol–water partition coefficient (Wildman–Crippen LogP) is 5.81. The highest BCUT2D eigenvalue weighted by Crippen LogP contribution is 2.54. The van der Waals surface area contributed by atoms with Crippen molar-refractivity contribution in [2.45, 2.75) is 19.9 Å². The fourth-order valence-electron chi connectivity index (χ4n) is 3.80. The van der Waals surface area contributed by atoms with Crippen LogP contribution >= 0.6 is 7.26 Å². The fourth-order valence-corrected chi connectivity index (χ4v) is 7.20. The summed E-state index contributed by atoms with van der Waals surface area (Å²) in [5, 5.41) is 3.82. The van der Waals surface area contributed by atoms with Gasteiger partial charge in [-0.15, -0.1) is 0 Å². The average molecular weight is 421 g/mol. The molecule has 4 aromatic carbocycles. The average Bonchev–Trinajstić information content (AvgIpc) is 2.84. The second-order valence-electron chi connectivity index (χ2n) is 7.70. The van der Waals surface area contributed by atoms with E-state index in [2.05, 4.69) is 146 Å². The van der Waals surface area contributed by atoms with Crippen LogP contribution in [0.4, 0.5) is 5.69 Å². The third-order valence-electron chi connectivity index (χ3n) is 5.32. The Hall–Kier alpha value is -3.33. The van der Waals surface area contributed by atoms with E-state index in [-0.39, 0.29) is 6.04 Å². The molecule has 4 aromatic rings. The minimum Gasteiger partial charge on any atom is -0.296 e. The largest absolute Gasteiger partial charge is 0.296 e. The van der Waals surface area contributed by atoms with Crippen molar-refractivity contribution < 1.29 is 0 Å². The van der Waals surface area contributed by atoms with Gasteiger partial charge in [-0.3, -0.25) is 4.90 Å². The third-order valence-corrected chi connectivity index (χ3v) is 8.97. The third kappa shape index (κ3) is 4.41. The van der Waals surface area contributed by atoms with Crippen molar-refractivity contribution in [3.8, 4) is 11.7 Å². The molecule has 2 heteroatoms. The highest BCUT2D eigenvalue weighted by Gasteiger charge is 2.45. The number of nitrogens with zero attached hydrogens (tertiary/aromatic N) is 1. The molecule has 0 aliphatic rings. The number of para-hydroxylation sites is 1. The zero-order valence-corrected chi connectivity index (χ0v) is 18.9. The predicted molar refractivity (Wildman–Crippen MR) is 137 cm³/mol. The van der Waals surface area contributed by atoms with Crippen molar-refractivity contribution in [1.29, 1.82) is 0 Å². The van der Waals surface area contributed by atoms with E-state index in [4.69, 9.17) is 0 Å². The van der Waals surface area contributed by atoms with Crippen LogP contribution in [0.1, 0.15) is 13.8 Å². The van der Waals surface area contributed by atoms with E-state index in [1.165, 1.54) is 15.9 Å². The first-order valence-electron chi connectivity index (χ1n) is 10.6. The van der Waals surface area contributed by atoms with E-state index in [1.54, 1.807) is 0 Å². The zero-order chi connectivity index (χ0) is 21.5. The lowest BCUT2D eigenvalue weighted by molar-refractivity contribution is 0.798. The van der Waals surface area contributed by atoms with Crippen LogP contribution in [-0.4, -0.2) is 6.04 Å². The zero-order valence-electron chi connectivity index (χ0n) is 18.0. The van der Waals surface area contributed by atoms with Crippen LogP contribution in [0.5, 0.6) is 0 Å². The summed E-state index contributed by atoms with van der Waals surface area (Å²) in [6.07, 6.45) is 0. The highest BCUT2D eigenvalue weighted by atomic mass is 31.2. The standard InChI is InChI=1S/C29H27NP/c1-25(2)30(26-15-7-3-8-16-26)23-24-31(27-17-9-4-10-18-27,28-19-11-5-12-20-28)29-21-13-6-14-22-29/h3-22,25H,1-2H3/q+1. The molecule has 0 fully saturated rings.